The second kappa shape index (κ2) is 13.1. The predicted octanol–water partition coefficient (Wildman–Crippen LogP) is 7.74. The van der Waals surface area contributed by atoms with E-state index in [0.29, 0.717) is 23.7 Å². The summed E-state index contributed by atoms with van der Waals surface area (Å²) in [6.45, 7) is 17.7. The smallest absolute Gasteiger partial charge is 0.550 e. The molecule has 6 aliphatic rings. The van der Waals surface area contributed by atoms with Crippen LogP contribution in [0.3, 0.4) is 0 Å². The van der Waals surface area contributed by atoms with E-state index in [1.807, 2.05) is 13.8 Å². The Hall–Kier alpha value is -1.59. The summed E-state index contributed by atoms with van der Waals surface area (Å²) in [5.74, 6) is 1.08. The minimum absolute atomic E-state index is 0. The average Bonchev–Trinajstić information content (AvgIpc) is 2.96. The minimum Gasteiger partial charge on any atom is -0.550 e. The second-order valence-electron chi connectivity index (χ2n) is 17.0. The van der Waals surface area contributed by atoms with Gasteiger partial charge < -0.3 is 19.8 Å². The number of hydrogen-bond donors (Lipinski definition) is 0. The number of rotatable bonds is 4. The first-order chi connectivity index (χ1) is 20.6. The van der Waals surface area contributed by atoms with Crippen LogP contribution >= 0.6 is 0 Å². The number of aliphatic carboxylic acids is 2. The Bertz CT molecular complexity index is 1190. The number of carboxylic acid groups (broad SMARTS) is 2. The van der Waals surface area contributed by atoms with Crippen LogP contribution in [0.1, 0.15) is 132 Å². The molecule has 6 rings (SSSR count). The predicted molar refractivity (Wildman–Crippen MR) is 174 cm³/mol. The van der Waals surface area contributed by atoms with Gasteiger partial charge in [0, 0.05) is 22.8 Å². The SMILES string of the molecule is CC(C)C1=CC2=CCC3[C@@](C)(CCC[C@]3(C)C(=O)[O-])C2CC1.CC(C)C1=CC2=CCC3[C@](C)(CCC[C@]3(C)C(=O)[O-])C2CC1.[Co+2]. The summed E-state index contributed by atoms with van der Waals surface area (Å²) >= 11 is 0. The maximum atomic E-state index is 11.8. The van der Waals surface area contributed by atoms with Crippen molar-refractivity contribution in [3.8, 4) is 0 Å². The molecule has 0 heterocycles. The fourth-order valence-electron chi connectivity index (χ4n) is 11.2. The van der Waals surface area contributed by atoms with Crippen molar-refractivity contribution in [2.24, 2.45) is 57.2 Å². The summed E-state index contributed by atoms with van der Waals surface area (Å²) in [7, 11) is 0. The van der Waals surface area contributed by atoms with E-state index in [4.69, 9.17) is 0 Å². The molecule has 0 bridgehead atoms. The van der Waals surface area contributed by atoms with Crippen molar-refractivity contribution in [3.05, 3.63) is 46.6 Å². The van der Waals surface area contributed by atoms with Crippen molar-refractivity contribution in [1.29, 1.82) is 0 Å². The molecule has 6 aliphatic carbocycles. The van der Waals surface area contributed by atoms with E-state index in [9.17, 15) is 19.8 Å². The van der Waals surface area contributed by atoms with Gasteiger partial charge in [0.25, 0.3) is 0 Å². The standard InChI is InChI=1S/2C20H30O2.Co/c2*1-13(2)14-6-8-16-15(12-14)7-9-17-19(16,3)10-5-11-20(17,4)18(21)22;/h2*7,12-13,16-17H,5-6,8-11H2,1-4H3,(H,21,22);/q;;+2/p-2/t16?,17?,19-,20+;16?,17?,19-,20-;/m10./s1. The van der Waals surface area contributed by atoms with Gasteiger partial charge in [0.1, 0.15) is 0 Å². The molecule has 8 atom stereocenters. The third kappa shape index (κ3) is 6.12. The molecule has 251 valence electrons. The van der Waals surface area contributed by atoms with Crippen molar-refractivity contribution >= 4 is 11.9 Å². The Morgan fingerprint density at radius 2 is 1.02 bits per heavy atom. The molecular weight excluding hydrogens is 603 g/mol. The van der Waals surface area contributed by atoms with Crippen molar-refractivity contribution in [1.82, 2.24) is 0 Å². The van der Waals surface area contributed by atoms with Crippen LogP contribution in [-0.4, -0.2) is 11.9 Å². The largest absolute Gasteiger partial charge is 2.00 e. The van der Waals surface area contributed by atoms with E-state index in [2.05, 4.69) is 65.8 Å². The quantitative estimate of drug-likeness (QED) is 0.309. The van der Waals surface area contributed by atoms with Crippen LogP contribution in [0.25, 0.3) is 0 Å². The maximum Gasteiger partial charge on any atom is 2.00 e. The minimum atomic E-state index is -0.838. The molecule has 45 heavy (non-hydrogen) atoms. The van der Waals surface area contributed by atoms with Crippen LogP contribution in [-0.2, 0) is 26.4 Å². The molecule has 0 aliphatic heterocycles. The van der Waals surface area contributed by atoms with Crippen molar-refractivity contribution in [2.75, 3.05) is 0 Å². The Balaban J connectivity index is 0.000000200. The van der Waals surface area contributed by atoms with Gasteiger partial charge in [0.2, 0.25) is 0 Å². The molecule has 0 amide bonds. The van der Waals surface area contributed by atoms with Gasteiger partial charge in [-0.1, -0.05) is 104 Å². The molecule has 0 aromatic rings. The van der Waals surface area contributed by atoms with Gasteiger partial charge in [-0.3, -0.25) is 0 Å². The Morgan fingerprint density at radius 1 is 0.667 bits per heavy atom. The topological polar surface area (TPSA) is 80.3 Å². The van der Waals surface area contributed by atoms with E-state index in [1.165, 1.54) is 36.8 Å². The zero-order valence-electron chi connectivity index (χ0n) is 29.2. The molecule has 1 radical (unpaired) electrons. The van der Waals surface area contributed by atoms with Crippen LogP contribution in [0, 0.1) is 57.2 Å². The molecule has 4 nitrogen and oxygen atoms in total. The van der Waals surface area contributed by atoms with Crippen molar-refractivity contribution < 1.29 is 36.6 Å². The first-order valence-electron chi connectivity index (χ1n) is 17.8. The van der Waals surface area contributed by atoms with E-state index in [0.717, 1.165) is 51.4 Å². The van der Waals surface area contributed by atoms with Crippen LogP contribution in [0.4, 0.5) is 0 Å². The van der Waals surface area contributed by atoms with Crippen molar-refractivity contribution in [3.63, 3.8) is 0 Å². The van der Waals surface area contributed by atoms with Gasteiger partial charge in [0.15, 0.2) is 0 Å². The third-order valence-electron chi connectivity index (χ3n) is 14.1. The zero-order chi connectivity index (χ0) is 32.2. The fourth-order valence-corrected chi connectivity index (χ4v) is 11.2. The molecular formula is C40H58CoO4. The van der Waals surface area contributed by atoms with Gasteiger partial charge in [-0.25, -0.2) is 0 Å². The van der Waals surface area contributed by atoms with Gasteiger partial charge in [-0.15, -0.1) is 0 Å². The van der Waals surface area contributed by atoms with E-state index in [1.54, 1.807) is 11.1 Å². The molecule has 0 N–H and O–H groups in total. The number of hydrogen-bond acceptors (Lipinski definition) is 4. The summed E-state index contributed by atoms with van der Waals surface area (Å²) in [6.07, 6.45) is 21.9. The first-order valence-corrected chi connectivity index (χ1v) is 17.8. The molecule has 5 heteroatoms. The zero-order valence-corrected chi connectivity index (χ0v) is 30.3. The third-order valence-corrected chi connectivity index (χ3v) is 14.1. The first kappa shape index (κ1) is 36.2. The fraction of sp³-hybridized carbons (Fsp3) is 0.750. The van der Waals surface area contributed by atoms with E-state index in [-0.39, 0.29) is 39.4 Å². The summed E-state index contributed by atoms with van der Waals surface area (Å²) in [5.41, 5.74) is 5.01. The Kier molecular flexibility index (Phi) is 10.6. The Labute approximate surface area is 283 Å². The number of fused-ring (bicyclic) bond motifs is 6. The molecule has 2 fully saturated rings. The van der Waals surface area contributed by atoms with Gasteiger partial charge in [0.05, 0.1) is 0 Å². The maximum absolute atomic E-state index is 11.8. The average molecular weight is 662 g/mol. The molecule has 2 saturated carbocycles. The van der Waals surface area contributed by atoms with Crippen LogP contribution in [0.2, 0.25) is 0 Å². The molecule has 0 aromatic carbocycles. The molecule has 4 unspecified atom stereocenters. The molecule has 0 aromatic heterocycles. The summed E-state index contributed by atoms with van der Waals surface area (Å²) in [4.78, 5) is 23.7. The number of carboxylic acids is 2. The summed E-state index contributed by atoms with van der Waals surface area (Å²) < 4.78 is 0. The van der Waals surface area contributed by atoms with Crippen LogP contribution < -0.4 is 10.2 Å². The number of carbonyl (C=O) groups is 2. The summed E-state index contributed by atoms with van der Waals surface area (Å²) in [5, 5.41) is 23.7. The monoisotopic (exact) mass is 661 g/mol. The summed E-state index contributed by atoms with van der Waals surface area (Å²) in [6, 6.07) is 0. The second-order valence-corrected chi connectivity index (χ2v) is 17.0. The van der Waals surface area contributed by atoms with Crippen LogP contribution in [0.5, 0.6) is 0 Å². The van der Waals surface area contributed by atoms with Crippen LogP contribution in [0.15, 0.2) is 46.6 Å². The normalized spacial score (nSPS) is 40.4. The van der Waals surface area contributed by atoms with Gasteiger partial charge >= 0.3 is 16.8 Å². The van der Waals surface area contributed by atoms with E-state index >= 15 is 0 Å². The van der Waals surface area contributed by atoms with Gasteiger partial charge in [-0.2, -0.15) is 0 Å². The molecule has 0 saturated heterocycles. The van der Waals surface area contributed by atoms with E-state index < -0.39 is 22.8 Å². The van der Waals surface area contributed by atoms with Crippen molar-refractivity contribution in [2.45, 2.75) is 132 Å². The molecule has 0 spiro atoms. The Morgan fingerprint density at radius 3 is 1.33 bits per heavy atom. The number of allylic oxidation sites excluding steroid dienone is 8. The van der Waals surface area contributed by atoms with Gasteiger partial charge in [-0.05, 0) is 122 Å². The number of carbonyl (C=O) groups excluding carboxylic acids is 2.